The van der Waals surface area contributed by atoms with Gasteiger partial charge in [-0.05, 0) is 6.42 Å². The minimum Gasteiger partial charge on any atom is -0.357 e. The number of fused-ring (bicyclic) bond motifs is 1. The monoisotopic (exact) mass is 224 g/mol. The van der Waals surface area contributed by atoms with Gasteiger partial charge in [-0.2, -0.15) is 0 Å². The fourth-order valence-corrected chi connectivity index (χ4v) is 3.14. The summed E-state index contributed by atoms with van der Waals surface area (Å²) < 4.78 is 0. The van der Waals surface area contributed by atoms with E-state index in [9.17, 15) is 0 Å². The van der Waals surface area contributed by atoms with Gasteiger partial charge in [-0.25, -0.2) is 4.98 Å². The Morgan fingerprint density at radius 1 is 1.60 bits per heavy atom. The third-order valence-corrected chi connectivity index (χ3v) is 3.95. The average Bonchev–Trinajstić information content (AvgIpc) is 2.86. The Morgan fingerprint density at radius 3 is 3.40 bits per heavy atom. The highest BCUT2D eigenvalue weighted by molar-refractivity contribution is 7.13. The number of piperazine rings is 1. The maximum atomic E-state index is 4.27. The van der Waals surface area contributed by atoms with Gasteiger partial charge in [0.2, 0.25) is 0 Å². The molecule has 0 bridgehead atoms. The minimum absolute atomic E-state index is 0.584. The first kappa shape index (κ1) is 9.57. The molecule has 3 heterocycles. The number of anilines is 1. The predicted molar refractivity (Wildman–Crippen MR) is 62.4 cm³/mol. The highest BCUT2D eigenvalue weighted by atomic mass is 32.1. The zero-order chi connectivity index (χ0) is 10.1. The molecule has 3 rings (SSSR count). The summed E-state index contributed by atoms with van der Waals surface area (Å²) in [7, 11) is 0. The summed E-state index contributed by atoms with van der Waals surface area (Å²) in [5.41, 5.74) is 0. The van der Waals surface area contributed by atoms with E-state index in [-0.39, 0.29) is 0 Å². The Labute approximate surface area is 93.7 Å². The molecule has 1 unspecified atom stereocenters. The quantitative estimate of drug-likeness (QED) is 0.772. The van der Waals surface area contributed by atoms with E-state index in [2.05, 4.69) is 20.5 Å². The van der Waals surface area contributed by atoms with Crippen LogP contribution in [0.3, 0.4) is 0 Å². The van der Waals surface area contributed by atoms with Gasteiger partial charge in [-0.15, -0.1) is 11.3 Å². The van der Waals surface area contributed by atoms with Crippen LogP contribution in [0, 0.1) is 0 Å². The van der Waals surface area contributed by atoms with Crippen molar-refractivity contribution in [3.05, 3.63) is 11.6 Å². The molecule has 0 radical (unpaired) electrons. The Balaban J connectivity index is 1.60. The lowest BCUT2D eigenvalue weighted by Gasteiger charge is -2.29. The normalized spacial score (nSPS) is 31.5. The summed E-state index contributed by atoms with van der Waals surface area (Å²) >= 11 is 1.69. The molecule has 0 saturated carbocycles. The molecule has 1 aromatic rings. The lowest BCUT2D eigenvalue weighted by Crippen LogP contribution is -2.47. The zero-order valence-electron chi connectivity index (χ0n) is 8.65. The molecule has 0 spiro atoms. The van der Waals surface area contributed by atoms with Crippen LogP contribution in [0.25, 0.3) is 0 Å². The number of thiazole rings is 1. The lowest BCUT2D eigenvalue weighted by molar-refractivity contribution is 0.212. The predicted octanol–water partition coefficient (Wildman–Crippen LogP) is 0.601. The van der Waals surface area contributed by atoms with E-state index in [0.717, 1.165) is 24.3 Å². The van der Waals surface area contributed by atoms with Crippen molar-refractivity contribution in [2.45, 2.75) is 18.5 Å². The molecule has 2 fully saturated rings. The van der Waals surface area contributed by atoms with Gasteiger partial charge >= 0.3 is 0 Å². The van der Waals surface area contributed by atoms with Crippen LogP contribution in [-0.4, -0.2) is 48.1 Å². The van der Waals surface area contributed by atoms with Crippen LogP contribution in [0.2, 0.25) is 0 Å². The lowest BCUT2D eigenvalue weighted by atomic mass is 10.1. The van der Waals surface area contributed by atoms with Crippen molar-refractivity contribution in [1.82, 2.24) is 15.2 Å². The van der Waals surface area contributed by atoms with Crippen LogP contribution in [0.5, 0.6) is 0 Å². The molecule has 82 valence electrons. The molecule has 2 aliphatic rings. The molecule has 2 atom stereocenters. The number of rotatable bonds is 2. The minimum atomic E-state index is 0.584. The Bertz CT molecular complexity index is 299. The molecular formula is C10H16N4S. The van der Waals surface area contributed by atoms with Gasteiger partial charge in [0.15, 0.2) is 5.13 Å². The Hall–Kier alpha value is -0.650. The summed E-state index contributed by atoms with van der Waals surface area (Å²) in [5, 5.41) is 10.1. The largest absolute Gasteiger partial charge is 0.357 e. The first-order valence-electron chi connectivity index (χ1n) is 5.52. The second kappa shape index (κ2) is 4.08. The first-order chi connectivity index (χ1) is 7.42. The Kier molecular flexibility index (Phi) is 2.60. The van der Waals surface area contributed by atoms with Crippen LogP contribution in [0.4, 0.5) is 5.13 Å². The molecular weight excluding hydrogens is 208 g/mol. The second-order valence-corrected chi connectivity index (χ2v) is 5.16. The molecule has 2 aliphatic heterocycles. The Morgan fingerprint density at radius 2 is 2.60 bits per heavy atom. The van der Waals surface area contributed by atoms with Crippen LogP contribution in [0.15, 0.2) is 11.6 Å². The van der Waals surface area contributed by atoms with Gasteiger partial charge in [-0.3, -0.25) is 4.90 Å². The van der Waals surface area contributed by atoms with Crippen molar-refractivity contribution >= 4 is 16.5 Å². The van der Waals surface area contributed by atoms with Gasteiger partial charge in [0.1, 0.15) is 0 Å². The van der Waals surface area contributed by atoms with Gasteiger partial charge in [0, 0.05) is 49.8 Å². The van der Waals surface area contributed by atoms with Gasteiger partial charge in [0.25, 0.3) is 0 Å². The molecule has 2 saturated heterocycles. The first-order valence-corrected chi connectivity index (χ1v) is 6.40. The van der Waals surface area contributed by atoms with Gasteiger partial charge in [0.05, 0.1) is 0 Å². The molecule has 2 N–H and O–H groups in total. The van der Waals surface area contributed by atoms with E-state index in [1.165, 1.54) is 19.5 Å². The fourth-order valence-electron chi connectivity index (χ4n) is 2.54. The van der Waals surface area contributed by atoms with Crippen LogP contribution in [-0.2, 0) is 0 Å². The maximum Gasteiger partial charge on any atom is 0.182 e. The number of nitrogens with one attached hydrogen (secondary N) is 2. The number of hydrogen-bond donors (Lipinski definition) is 2. The molecule has 0 aromatic carbocycles. The van der Waals surface area contributed by atoms with E-state index >= 15 is 0 Å². The fraction of sp³-hybridized carbons (Fsp3) is 0.700. The second-order valence-electron chi connectivity index (χ2n) is 4.27. The smallest absolute Gasteiger partial charge is 0.182 e. The van der Waals surface area contributed by atoms with Crippen LogP contribution >= 0.6 is 11.3 Å². The molecule has 1 aromatic heterocycles. The third kappa shape index (κ3) is 2.00. The average molecular weight is 224 g/mol. The SMILES string of the molecule is c1csc(N[C@H]2CC3CNCCN3C2)n1. The molecule has 5 heteroatoms. The molecule has 4 nitrogen and oxygen atoms in total. The van der Waals surface area contributed by atoms with Gasteiger partial charge in [-0.1, -0.05) is 0 Å². The number of hydrogen-bond acceptors (Lipinski definition) is 5. The van der Waals surface area contributed by atoms with Crippen LogP contribution < -0.4 is 10.6 Å². The summed E-state index contributed by atoms with van der Waals surface area (Å²) in [6.07, 6.45) is 3.10. The standard InChI is InChI=1S/C10H16N4S/c1-3-14-7-8(5-9(14)6-11-1)13-10-12-2-4-15-10/h2,4,8-9,11H,1,3,5-7H2,(H,12,13)/t8-,9?/m0/s1. The highest BCUT2D eigenvalue weighted by Gasteiger charge is 2.33. The van der Waals surface area contributed by atoms with E-state index in [0.29, 0.717) is 6.04 Å². The van der Waals surface area contributed by atoms with Crippen molar-refractivity contribution in [3.63, 3.8) is 0 Å². The number of aromatic nitrogens is 1. The van der Waals surface area contributed by atoms with E-state index in [1.54, 1.807) is 11.3 Å². The third-order valence-electron chi connectivity index (χ3n) is 3.24. The van der Waals surface area contributed by atoms with Crippen molar-refractivity contribution in [2.75, 3.05) is 31.5 Å². The molecule has 15 heavy (non-hydrogen) atoms. The molecule has 0 aliphatic carbocycles. The van der Waals surface area contributed by atoms with Crippen molar-refractivity contribution in [2.24, 2.45) is 0 Å². The zero-order valence-corrected chi connectivity index (χ0v) is 9.46. The van der Waals surface area contributed by atoms with E-state index < -0.39 is 0 Å². The number of nitrogens with zero attached hydrogens (tertiary/aromatic N) is 2. The molecule has 0 amide bonds. The summed E-state index contributed by atoms with van der Waals surface area (Å²) in [4.78, 5) is 6.86. The van der Waals surface area contributed by atoms with Gasteiger partial charge < -0.3 is 10.6 Å². The van der Waals surface area contributed by atoms with Crippen LogP contribution in [0.1, 0.15) is 6.42 Å². The highest BCUT2D eigenvalue weighted by Crippen LogP contribution is 2.22. The van der Waals surface area contributed by atoms with E-state index in [4.69, 9.17) is 0 Å². The summed E-state index contributed by atoms with van der Waals surface area (Å²) in [5.74, 6) is 0. The van der Waals surface area contributed by atoms with Crippen molar-refractivity contribution in [3.8, 4) is 0 Å². The topological polar surface area (TPSA) is 40.2 Å². The van der Waals surface area contributed by atoms with E-state index in [1.807, 2.05) is 11.6 Å². The van der Waals surface area contributed by atoms with Crippen molar-refractivity contribution in [1.29, 1.82) is 0 Å². The summed E-state index contributed by atoms with van der Waals surface area (Å²) in [6, 6.07) is 1.32. The van der Waals surface area contributed by atoms with Crippen molar-refractivity contribution < 1.29 is 0 Å². The maximum absolute atomic E-state index is 4.27. The summed E-state index contributed by atoms with van der Waals surface area (Å²) in [6.45, 7) is 4.66.